The Kier molecular flexibility index (Phi) is 15.5. The minimum absolute atomic E-state index is 0.0181. The van der Waals surface area contributed by atoms with Gasteiger partial charge in [0.25, 0.3) is 0 Å². The highest BCUT2D eigenvalue weighted by Gasteiger charge is 2.78. The number of alkyl halides is 2. The van der Waals surface area contributed by atoms with E-state index in [1.807, 2.05) is 11.8 Å². The maximum Gasteiger partial charge on any atom is 0.351 e. The van der Waals surface area contributed by atoms with Gasteiger partial charge in [0, 0.05) is 47.7 Å². The maximum absolute atomic E-state index is 17.8. The topological polar surface area (TPSA) is 233 Å². The number of aliphatic hydroxyl groups excluding tert-OH is 4. The van der Waals surface area contributed by atoms with Crippen LogP contribution in [0.2, 0.25) is 0 Å². The Morgan fingerprint density at radius 1 is 0.938 bits per heavy atom. The van der Waals surface area contributed by atoms with Crippen LogP contribution in [0.25, 0.3) is 0 Å². The number of ketones is 1. The minimum Gasteiger partial charge on any atom is -0.466 e. The van der Waals surface area contributed by atoms with Crippen LogP contribution in [0.1, 0.15) is 101 Å². The Bertz CT molecular complexity index is 1810. The van der Waals surface area contributed by atoms with Crippen molar-refractivity contribution in [1.29, 1.82) is 0 Å². The first kappa shape index (κ1) is 52.1. The first-order valence-electron chi connectivity index (χ1n) is 22.9. The van der Waals surface area contributed by atoms with Crippen LogP contribution >= 0.6 is 0 Å². The first-order chi connectivity index (χ1) is 29.6. The zero-order chi connectivity index (χ0) is 48.1. The Labute approximate surface area is 376 Å². The number of nitrogens with zero attached hydrogens (tertiary/aromatic N) is 1. The minimum atomic E-state index is -2.38. The summed E-state index contributed by atoms with van der Waals surface area (Å²) in [5.74, 6) is -7.62. The summed E-state index contributed by atoms with van der Waals surface area (Å²) >= 11 is 0. The maximum atomic E-state index is 17.8. The summed E-state index contributed by atoms with van der Waals surface area (Å²) in [6, 6.07) is -0.684. The monoisotopic (exact) mass is 913 g/mol. The average Bonchev–Trinajstić information content (AvgIpc) is 3.44. The molecule has 0 radical (unpaired) electrons. The predicted molar refractivity (Wildman–Crippen MR) is 229 cm³/mol. The molecule has 5 aliphatic rings. The normalized spacial score (nSPS) is 46.9. The van der Waals surface area contributed by atoms with Gasteiger partial charge in [-0.05, 0) is 109 Å². The van der Waals surface area contributed by atoms with Crippen molar-refractivity contribution in [3.05, 3.63) is 23.8 Å². The fourth-order valence-corrected chi connectivity index (χ4v) is 12.6. The number of allylic oxidation sites excluding steroid dienone is 4. The SMILES string of the molecule is COC(=O)[C@@]1(OC(=O)CCNCCCN2C[C@H](C)C[C@@](C)(O)[C@H](O)[C@@H](C)[C@H](O)C(C)C(=O)OC[C@@](C)(O)C(O)[C@H]2C)[C@H](C)CC2C3C[C@H](F)C4=CC(=O)C=C[C@]4(C)[C@@]3(F)[C@@H](O)C[C@@]21C. The summed E-state index contributed by atoms with van der Waals surface area (Å²) < 4.78 is 50.5. The highest BCUT2D eigenvalue weighted by Crippen LogP contribution is 2.71. The largest absolute Gasteiger partial charge is 0.466 e. The number of methoxy groups -OCH3 is 1. The van der Waals surface area contributed by atoms with Crippen molar-refractivity contribution in [2.45, 2.75) is 160 Å². The van der Waals surface area contributed by atoms with Crippen LogP contribution in [0.3, 0.4) is 0 Å². The van der Waals surface area contributed by atoms with Gasteiger partial charge in [0.05, 0.1) is 43.4 Å². The van der Waals surface area contributed by atoms with Crippen LogP contribution in [-0.4, -0.2) is 158 Å². The number of carbonyl (C=O) groups excluding carboxylic acids is 4. The molecule has 4 aliphatic carbocycles. The van der Waals surface area contributed by atoms with E-state index in [2.05, 4.69) is 5.32 Å². The molecule has 7 N–H and O–H groups in total. The quantitative estimate of drug-likeness (QED) is 0.100. The van der Waals surface area contributed by atoms with Gasteiger partial charge in [0.15, 0.2) is 11.5 Å². The summed E-state index contributed by atoms with van der Waals surface area (Å²) in [7, 11) is 1.16. The van der Waals surface area contributed by atoms with Crippen molar-refractivity contribution >= 4 is 23.7 Å². The smallest absolute Gasteiger partial charge is 0.351 e. The second-order valence-corrected chi connectivity index (χ2v) is 20.9. The number of carbonyl (C=O) groups is 4. The van der Waals surface area contributed by atoms with Gasteiger partial charge in [-0.15, -0.1) is 0 Å². The number of hydrogen-bond acceptors (Lipinski definition) is 15. The molecule has 0 bridgehead atoms. The van der Waals surface area contributed by atoms with Gasteiger partial charge >= 0.3 is 17.9 Å². The van der Waals surface area contributed by atoms with Crippen molar-refractivity contribution in [2.24, 2.45) is 46.3 Å². The first-order valence-corrected chi connectivity index (χ1v) is 22.9. The molecular weight excluding hydrogens is 839 g/mol. The number of halogens is 2. The van der Waals surface area contributed by atoms with Gasteiger partial charge in [-0.25, -0.2) is 13.6 Å². The van der Waals surface area contributed by atoms with Crippen molar-refractivity contribution < 1.29 is 72.8 Å². The molecule has 0 aromatic carbocycles. The second-order valence-electron chi connectivity index (χ2n) is 20.9. The van der Waals surface area contributed by atoms with Crippen molar-refractivity contribution in [3.8, 4) is 0 Å². The van der Waals surface area contributed by atoms with E-state index in [9.17, 15) is 49.8 Å². The number of esters is 3. The molecule has 0 aromatic rings. The van der Waals surface area contributed by atoms with Gasteiger partial charge in [-0.3, -0.25) is 19.3 Å². The van der Waals surface area contributed by atoms with E-state index in [1.54, 1.807) is 20.8 Å². The van der Waals surface area contributed by atoms with E-state index in [0.717, 1.165) is 13.2 Å². The van der Waals surface area contributed by atoms with Crippen LogP contribution in [0.15, 0.2) is 23.8 Å². The Morgan fingerprint density at radius 3 is 2.23 bits per heavy atom. The van der Waals surface area contributed by atoms with Gasteiger partial charge in [0.1, 0.15) is 24.5 Å². The molecule has 64 heavy (non-hydrogen) atoms. The highest BCUT2D eigenvalue weighted by molar-refractivity contribution is 6.01. The van der Waals surface area contributed by atoms with Crippen LogP contribution in [-0.2, 0) is 33.4 Å². The lowest BCUT2D eigenvalue weighted by molar-refractivity contribution is -0.238. The lowest BCUT2D eigenvalue weighted by Gasteiger charge is -2.63. The third-order valence-electron chi connectivity index (χ3n) is 16.3. The standard InChI is InChI=1S/C47H74F2N2O13/c1-25-21-44(8,60)38(56)27(3)37(55)28(4)40(58)63-24-45(9,61)39(57)29(5)51(23-25)17-11-15-50-16-13-36(54)64-47(41(59)62-10)26(2)18-31-32-20-34(48)33-19-30(52)12-14-42(33,6)46(32,49)35(53)22-43(31,47)7/h12,14,19,25-29,31-32,34-35,37-39,50,53,55-57,60-61H,11,13,15-18,20-24H2,1-10H3/t25-,26-,27+,28?,29-,31?,32?,34+,35+,37+,38-,39?,42+,43+,44-,45-,46+,47+/m1/s1. The van der Waals surface area contributed by atoms with E-state index in [-0.39, 0.29) is 50.1 Å². The number of cyclic esters (lactones) is 1. The molecule has 18 atom stereocenters. The van der Waals surface area contributed by atoms with Crippen molar-refractivity contribution in [3.63, 3.8) is 0 Å². The lowest BCUT2D eigenvalue weighted by atomic mass is 9.44. The molecule has 0 amide bonds. The van der Waals surface area contributed by atoms with Crippen LogP contribution in [0, 0.1) is 46.3 Å². The van der Waals surface area contributed by atoms with E-state index in [4.69, 9.17) is 14.2 Å². The molecule has 3 saturated carbocycles. The molecule has 15 nitrogen and oxygen atoms in total. The molecule has 0 aromatic heterocycles. The van der Waals surface area contributed by atoms with Crippen molar-refractivity contribution in [2.75, 3.05) is 39.9 Å². The molecule has 364 valence electrons. The van der Waals surface area contributed by atoms with Gasteiger partial charge < -0.3 is 50.2 Å². The van der Waals surface area contributed by atoms with E-state index < -0.39 is 130 Å². The number of ether oxygens (including phenoxy) is 3. The number of hydrogen-bond donors (Lipinski definition) is 7. The molecule has 1 aliphatic heterocycles. The summed E-state index contributed by atoms with van der Waals surface area (Å²) in [5, 5.41) is 71.1. The third-order valence-corrected chi connectivity index (χ3v) is 16.3. The number of rotatable bonds is 9. The van der Waals surface area contributed by atoms with Crippen LogP contribution in [0.4, 0.5) is 8.78 Å². The third kappa shape index (κ3) is 8.97. The molecule has 0 spiro atoms. The average molecular weight is 913 g/mol. The summed E-state index contributed by atoms with van der Waals surface area (Å²) in [4.78, 5) is 54.7. The fourth-order valence-electron chi connectivity index (χ4n) is 12.6. The fraction of sp³-hybridized carbons (Fsp3) is 0.830. The molecule has 1 heterocycles. The summed E-state index contributed by atoms with van der Waals surface area (Å²) in [6.45, 7) is 14.9. The van der Waals surface area contributed by atoms with Crippen LogP contribution in [0.5, 0.6) is 0 Å². The second kappa shape index (κ2) is 19.0. The number of fused-ring (bicyclic) bond motifs is 5. The van der Waals surface area contributed by atoms with Gasteiger partial charge in [0.2, 0.25) is 5.60 Å². The molecule has 4 unspecified atom stereocenters. The Hall–Kier alpha value is -2.90. The van der Waals surface area contributed by atoms with Crippen molar-refractivity contribution in [1.82, 2.24) is 10.2 Å². The lowest BCUT2D eigenvalue weighted by Crippen LogP contribution is -2.71. The number of nitrogens with one attached hydrogen (secondary N) is 1. The zero-order valence-electron chi connectivity index (χ0n) is 39.2. The van der Waals surface area contributed by atoms with E-state index in [1.165, 1.54) is 46.8 Å². The molecule has 4 fully saturated rings. The zero-order valence-corrected chi connectivity index (χ0v) is 39.2. The molecule has 1 saturated heterocycles. The predicted octanol–water partition coefficient (Wildman–Crippen LogP) is 2.51. The summed E-state index contributed by atoms with van der Waals surface area (Å²) in [5.41, 5.74) is -10.8. The molecular formula is C47H74F2N2O13. The molecule has 5 rings (SSSR count). The number of aliphatic hydroxyl groups is 6. The van der Waals surface area contributed by atoms with E-state index in [0.29, 0.717) is 26.1 Å². The Balaban J connectivity index is 1.25. The molecule has 17 heteroatoms. The summed E-state index contributed by atoms with van der Waals surface area (Å²) in [6.07, 6.45) is -3.91. The van der Waals surface area contributed by atoms with Gasteiger partial charge in [-0.2, -0.15) is 0 Å². The van der Waals surface area contributed by atoms with E-state index >= 15 is 8.78 Å². The van der Waals surface area contributed by atoms with Crippen LogP contribution < -0.4 is 5.32 Å². The Morgan fingerprint density at radius 2 is 1.59 bits per heavy atom. The highest BCUT2D eigenvalue weighted by atomic mass is 19.1. The van der Waals surface area contributed by atoms with Gasteiger partial charge in [-0.1, -0.05) is 33.8 Å².